The van der Waals surface area contributed by atoms with Crippen LogP contribution < -0.4 is 0 Å². The fourth-order valence-corrected chi connectivity index (χ4v) is 1.59. The van der Waals surface area contributed by atoms with Gasteiger partial charge in [-0.15, -0.1) is 12.6 Å². The summed E-state index contributed by atoms with van der Waals surface area (Å²) in [5, 5.41) is 8.89. The van der Waals surface area contributed by atoms with Crippen LogP contribution >= 0.6 is 12.6 Å². The van der Waals surface area contributed by atoms with Crippen molar-refractivity contribution in [2.24, 2.45) is 5.92 Å². The monoisotopic (exact) mass is 204 g/mol. The van der Waals surface area contributed by atoms with E-state index in [1.165, 1.54) is 32.1 Å². The maximum absolute atomic E-state index is 8.89. The number of rotatable bonds is 8. The topological polar surface area (TPSA) is 20.2 Å². The molecule has 0 spiro atoms. The molecule has 1 nitrogen and oxygen atoms in total. The summed E-state index contributed by atoms with van der Waals surface area (Å²) in [7, 11) is 0. The molecule has 0 aliphatic heterocycles. The molecule has 80 valence electrons. The highest BCUT2D eigenvalue weighted by atomic mass is 32.1. The van der Waals surface area contributed by atoms with Gasteiger partial charge in [-0.2, -0.15) is 0 Å². The molecule has 0 aliphatic rings. The lowest BCUT2D eigenvalue weighted by molar-refractivity contribution is 0.249. The fourth-order valence-electron chi connectivity index (χ4n) is 1.41. The minimum atomic E-state index is -0.407. The number of hydrogen-bond acceptors (Lipinski definition) is 2. The van der Waals surface area contributed by atoms with E-state index in [2.05, 4.69) is 26.5 Å². The van der Waals surface area contributed by atoms with Gasteiger partial charge in [0.1, 0.15) is 0 Å². The Kier molecular flexibility index (Phi) is 9.10. The molecule has 0 saturated heterocycles. The van der Waals surface area contributed by atoms with Gasteiger partial charge in [0, 0.05) is 0 Å². The van der Waals surface area contributed by atoms with Crippen molar-refractivity contribution in [3.8, 4) is 0 Å². The van der Waals surface area contributed by atoms with Crippen molar-refractivity contribution in [3.05, 3.63) is 0 Å². The summed E-state index contributed by atoms with van der Waals surface area (Å²) in [6.07, 6.45) is 8.58. The van der Waals surface area contributed by atoms with Crippen LogP contribution in [0.4, 0.5) is 0 Å². The van der Waals surface area contributed by atoms with Crippen molar-refractivity contribution in [2.45, 2.75) is 64.2 Å². The van der Waals surface area contributed by atoms with Gasteiger partial charge in [-0.1, -0.05) is 52.4 Å². The van der Waals surface area contributed by atoms with E-state index in [4.69, 9.17) is 5.11 Å². The van der Waals surface area contributed by atoms with Gasteiger partial charge in [0.15, 0.2) is 0 Å². The Morgan fingerprint density at radius 1 is 0.923 bits per heavy atom. The number of aliphatic hydroxyl groups is 1. The number of hydrogen-bond donors (Lipinski definition) is 2. The van der Waals surface area contributed by atoms with Crippen LogP contribution in [-0.4, -0.2) is 10.5 Å². The van der Waals surface area contributed by atoms with E-state index < -0.39 is 5.44 Å². The fraction of sp³-hybridized carbons (Fsp3) is 1.00. The summed E-state index contributed by atoms with van der Waals surface area (Å²) in [4.78, 5) is 0. The van der Waals surface area contributed by atoms with Crippen LogP contribution in [0.15, 0.2) is 0 Å². The molecule has 0 aromatic rings. The Bertz CT molecular complexity index is 90.3. The summed E-state index contributed by atoms with van der Waals surface area (Å²) >= 11 is 3.92. The predicted octanol–water partition coefficient (Wildman–Crippen LogP) is 3.62. The number of unbranched alkanes of at least 4 members (excludes halogenated alkanes) is 4. The maximum atomic E-state index is 8.89. The molecule has 0 amide bonds. The van der Waals surface area contributed by atoms with Gasteiger partial charge in [-0.05, 0) is 12.3 Å². The van der Waals surface area contributed by atoms with Gasteiger partial charge in [0.05, 0.1) is 5.44 Å². The van der Waals surface area contributed by atoms with Crippen molar-refractivity contribution < 1.29 is 5.11 Å². The first-order valence-corrected chi connectivity index (χ1v) is 6.00. The zero-order chi connectivity index (χ0) is 10.1. The molecule has 1 unspecified atom stereocenters. The van der Waals surface area contributed by atoms with E-state index in [0.29, 0.717) is 0 Å². The molecule has 0 rings (SSSR count). The molecule has 13 heavy (non-hydrogen) atoms. The standard InChI is InChI=1S/C11H24OS/c1-10(2)8-6-4-3-5-7-9-11(12)13/h10-13H,3-9H2,1-2H3. The molecular weight excluding hydrogens is 180 g/mol. The zero-order valence-corrected chi connectivity index (χ0v) is 9.89. The molecule has 0 radical (unpaired) electrons. The highest BCUT2D eigenvalue weighted by molar-refractivity contribution is 7.80. The third-order valence-electron chi connectivity index (χ3n) is 2.24. The van der Waals surface area contributed by atoms with Crippen LogP contribution in [0.3, 0.4) is 0 Å². The van der Waals surface area contributed by atoms with Crippen molar-refractivity contribution in [1.29, 1.82) is 0 Å². The second-order valence-electron chi connectivity index (χ2n) is 4.22. The Morgan fingerprint density at radius 2 is 1.38 bits per heavy atom. The third-order valence-corrected chi connectivity index (χ3v) is 2.50. The lowest BCUT2D eigenvalue weighted by Gasteiger charge is -2.05. The van der Waals surface area contributed by atoms with E-state index >= 15 is 0 Å². The highest BCUT2D eigenvalue weighted by Crippen LogP contribution is 2.12. The first-order valence-electron chi connectivity index (χ1n) is 5.49. The second-order valence-corrected chi connectivity index (χ2v) is 4.82. The SMILES string of the molecule is CC(C)CCCCCCCC(O)S. The predicted molar refractivity (Wildman–Crippen MR) is 62.1 cm³/mol. The zero-order valence-electron chi connectivity index (χ0n) is 9.00. The molecule has 0 bridgehead atoms. The molecule has 2 heteroatoms. The Labute approximate surface area is 88.3 Å². The Balaban J connectivity index is 2.92. The van der Waals surface area contributed by atoms with E-state index in [1.54, 1.807) is 0 Å². The lowest BCUT2D eigenvalue weighted by atomic mass is 10.0. The van der Waals surface area contributed by atoms with Gasteiger partial charge >= 0.3 is 0 Å². The molecule has 0 heterocycles. The van der Waals surface area contributed by atoms with Crippen molar-refractivity contribution in [3.63, 3.8) is 0 Å². The summed E-state index contributed by atoms with van der Waals surface area (Å²) in [6, 6.07) is 0. The van der Waals surface area contributed by atoms with E-state index in [-0.39, 0.29) is 0 Å². The average molecular weight is 204 g/mol. The van der Waals surface area contributed by atoms with E-state index in [1.807, 2.05) is 0 Å². The average Bonchev–Trinajstić information content (AvgIpc) is 2.01. The van der Waals surface area contributed by atoms with Crippen LogP contribution in [0.25, 0.3) is 0 Å². The van der Waals surface area contributed by atoms with E-state index in [9.17, 15) is 0 Å². The Morgan fingerprint density at radius 3 is 1.85 bits per heavy atom. The third kappa shape index (κ3) is 12.3. The molecule has 0 fully saturated rings. The number of thiol groups is 1. The van der Waals surface area contributed by atoms with Crippen LogP contribution in [0.5, 0.6) is 0 Å². The minimum absolute atomic E-state index is 0.407. The molecule has 0 aliphatic carbocycles. The molecular formula is C11H24OS. The summed E-state index contributed by atoms with van der Waals surface area (Å²) < 4.78 is 0. The van der Waals surface area contributed by atoms with Gasteiger partial charge in [0.2, 0.25) is 0 Å². The van der Waals surface area contributed by atoms with Gasteiger partial charge in [-0.25, -0.2) is 0 Å². The normalized spacial score (nSPS) is 13.6. The van der Waals surface area contributed by atoms with Crippen molar-refractivity contribution in [2.75, 3.05) is 0 Å². The van der Waals surface area contributed by atoms with Crippen LogP contribution in [0.1, 0.15) is 58.8 Å². The van der Waals surface area contributed by atoms with Crippen molar-refractivity contribution >= 4 is 12.6 Å². The van der Waals surface area contributed by atoms with Crippen LogP contribution in [0.2, 0.25) is 0 Å². The van der Waals surface area contributed by atoms with Crippen molar-refractivity contribution in [1.82, 2.24) is 0 Å². The number of aliphatic hydroxyl groups excluding tert-OH is 1. The maximum Gasteiger partial charge on any atom is 0.0964 e. The molecule has 0 aromatic heterocycles. The van der Waals surface area contributed by atoms with Gasteiger partial charge in [-0.3, -0.25) is 0 Å². The molecule has 1 N–H and O–H groups in total. The second kappa shape index (κ2) is 8.89. The summed E-state index contributed by atoms with van der Waals surface area (Å²) in [5.41, 5.74) is -0.407. The largest absolute Gasteiger partial charge is 0.383 e. The van der Waals surface area contributed by atoms with Crippen LogP contribution in [0, 0.1) is 5.92 Å². The van der Waals surface area contributed by atoms with Crippen LogP contribution in [-0.2, 0) is 0 Å². The quantitative estimate of drug-likeness (QED) is 0.351. The van der Waals surface area contributed by atoms with E-state index in [0.717, 1.165) is 18.8 Å². The minimum Gasteiger partial charge on any atom is -0.383 e. The summed E-state index contributed by atoms with van der Waals surface area (Å²) in [5.74, 6) is 0.847. The Hall–Kier alpha value is 0.310. The smallest absolute Gasteiger partial charge is 0.0964 e. The van der Waals surface area contributed by atoms with Gasteiger partial charge < -0.3 is 5.11 Å². The van der Waals surface area contributed by atoms with Gasteiger partial charge in [0.25, 0.3) is 0 Å². The summed E-state index contributed by atoms with van der Waals surface area (Å²) in [6.45, 7) is 4.55. The highest BCUT2D eigenvalue weighted by Gasteiger charge is 1.97. The first kappa shape index (κ1) is 13.3. The molecule has 0 aromatic carbocycles. The lowest BCUT2D eigenvalue weighted by Crippen LogP contribution is -1.94. The molecule has 1 atom stereocenters. The first-order chi connectivity index (χ1) is 6.13. The molecule has 0 saturated carbocycles.